The predicted molar refractivity (Wildman–Crippen MR) is 78.0 cm³/mol. The average Bonchev–Trinajstić information content (AvgIpc) is 2.94. The van der Waals surface area contributed by atoms with Gasteiger partial charge in [-0.15, -0.1) is 11.8 Å². The molecular formula is C16H19N3. The Hall–Kier alpha value is -2.05. The number of para-hydroxylation sites is 1. The molecule has 1 unspecified atom stereocenters. The lowest BCUT2D eigenvalue weighted by Crippen LogP contribution is -2.15. The monoisotopic (exact) mass is 253 g/mol. The van der Waals surface area contributed by atoms with Crippen LogP contribution in [0.15, 0.2) is 42.7 Å². The molecule has 0 aliphatic carbocycles. The maximum absolute atomic E-state index is 4.42. The second-order valence-corrected chi connectivity index (χ2v) is 4.36. The van der Waals surface area contributed by atoms with Crippen LogP contribution in [0.2, 0.25) is 0 Å². The molecule has 1 aromatic heterocycles. The van der Waals surface area contributed by atoms with Crippen molar-refractivity contribution in [1.82, 2.24) is 15.1 Å². The van der Waals surface area contributed by atoms with Gasteiger partial charge in [-0.25, -0.2) is 4.68 Å². The molecule has 0 saturated carbocycles. The van der Waals surface area contributed by atoms with Crippen molar-refractivity contribution in [3.05, 3.63) is 48.3 Å². The van der Waals surface area contributed by atoms with Crippen LogP contribution in [-0.4, -0.2) is 16.8 Å². The molecule has 0 aliphatic rings. The summed E-state index contributed by atoms with van der Waals surface area (Å²) in [5.41, 5.74) is 2.28. The number of nitrogens with zero attached hydrogens (tertiary/aromatic N) is 2. The number of nitrogens with one attached hydrogen (secondary N) is 1. The van der Waals surface area contributed by atoms with Gasteiger partial charge >= 0.3 is 0 Å². The lowest BCUT2D eigenvalue weighted by atomic mass is 10.1. The molecule has 3 nitrogen and oxygen atoms in total. The molecule has 98 valence electrons. The second-order valence-electron chi connectivity index (χ2n) is 4.36. The molecule has 1 heterocycles. The molecule has 0 bridgehead atoms. The van der Waals surface area contributed by atoms with Crippen molar-refractivity contribution in [1.29, 1.82) is 0 Å². The van der Waals surface area contributed by atoms with Crippen LogP contribution in [0.5, 0.6) is 0 Å². The SMILES string of the molecule is CC#CCCC(NC)c1cnn(-c2ccccc2)c1. The van der Waals surface area contributed by atoms with Gasteiger partial charge < -0.3 is 5.32 Å². The van der Waals surface area contributed by atoms with Crippen LogP contribution in [0, 0.1) is 11.8 Å². The van der Waals surface area contributed by atoms with E-state index in [1.54, 1.807) is 0 Å². The van der Waals surface area contributed by atoms with Gasteiger partial charge in [0, 0.05) is 24.2 Å². The normalized spacial score (nSPS) is 11.7. The van der Waals surface area contributed by atoms with Gasteiger partial charge in [0.25, 0.3) is 0 Å². The standard InChI is InChI=1S/C16H19N3/c1-3-4-6-11-16(17-2)14-12-18-19(13-14)15-9-7-5-8-10-15/h5,7-10,12-13,16-17H,6,11H2,1-2H3. The Labute approximate surface area is 114 Å². The van der Waals surface area contributed by atoms with Crippen LogP contribution in [0.4, 0.5) is 0 Å². The van der Waals surface area contributed by atoms with Gasteiger partial charge in [-0.3, -0.25) is 0 Å². The van der Waals surface area contributed by atoms with Gasteiger partial charge in [-0.05, 0) is 32.5 Å². The highest BCUT2D eigenvalue weighted by Gasteiger charge is 2.11. The highest BCUT2D eigenvalue weighted by molar-refractivity contribution is 5.31. The molecule has 2 aromatic rings. The van der Waals surface area contributed by atoms with Crippen LogP contribution in [0.3, 0.4) is 0 Å². The Morgan fingerprint density at radius 1 is 1.32 bits per heavy atom. The molecule has 1 atom stereocenters. The lowest BCUT2D eigenvalue weighted by Gasteiger charge is -2.12. The largest absolute Gasteiger partial charge is 0.313 e. The molecule has 0 fully saturated rings. The van der Waals surface area contributed by atoms with E-state index in [0.29, 0.717) is 6.04 Å². The van der Waals surface area contributed by atoms with Gasteiger partial charge in [0.1, 0.15) is 0 Å². The molecule has 0 spiro atoms. The molecule has 0 saturated heterocycles. The molecule has 3 heteroatoms. The van der Waals surface area contributed by atoms with E-state index in [1.807, 2.05) is 55.2 Å². The average molecular weight is 253 g/mol. The summed E-state index contributed by atoms with van der Waals surface area (Å²) in [5.74, 6) is 6.04. The van der Waals surface area contributed by atoms with Gasteiger partial charge in [-0.1, -0.05) is 18.2 Å². The quantitative estimate of drug-likeness (QED) is 0.830. The first-order valence-corrected chi connectivity index (χ1v) is 6.52. The van der Waals surface area contributed by atoms with E-state index in [4.69, 9.17) is 0 Å². The number of benzene rings is 1. The maximum Gasteiger partial charge on any atom is 0.0645 e. The van der Waals surface area contributed by atoms with Crippen molar-refractivity contribution in [2.24, 2.45) is 0 Å². The summed E-state index contributed by atoms with van der Waals surface area (Å²) in [7, 11) is 1.98. The Morgan fingerprint density at radius 3 is 2.79 bits per heavy atom. The molecule has 0 amide bonds. The van der Waals surface area contributed by atoms with Crippen LogP contribution in [0.1, 0.15) is 31.4 Å². The summed E-state index contributed by atoms with van der Waals surface area (Å²) in [6.07, 6.45) is 5.90. The van der Waals surface area contributed by atoms with Crippen LogP contribution < -0.4 is 5.32 Å². The van der Waals surface area contributed by atoms with Gasteiger partial charge in [0.15, 0.2) is 0 Å². The first-order chi connectivity index (χ1) is 9.35. The molecule has 0 aliphatic heterocycles. The zero-order valence-corrected chi connectivity index (χ0v) is 11.4. The second kappa shape index (κ2) is 6.77. The van der Waals surface area contributed by atoms with Crippen LogP contribution >= 0.6 is 0 Å². The Kier molecular flexibility index (Phi) is 4.77. The predicted octanol–water partition coefficient (Wildman–Crippen LogP) is 2.94. The van der Waals surface area contributed by atoms with Crippen molar-refractivity contribution >= 4 is 0 Å². The van der Waals surface area contributed by atoms with E-state index in [-0.39, 0.29) is 0 Å². The Bertz CT molecular complexity index is 560. The molecule has 0 radical (unpaired) electrons. The van der Waals surface area contributed by atoms with Crippen molar-refractivity contribution < 1.29 is 0 Å². The minimum Gasteiger partial charge on any atom is -0.313 e. The van der Waals surface area contributed by atoms with Crippen molar-refractivity contribution in [2.45, 2.75) is 25.8 Å². The van der Waals surface area contributed by atoms with Crippen LogP contribution in [-0.2, 0) is 0 Å². The lowest BCUT2D eigenvalue weighted by molar-refractivity contribution is 0.558. The van der Waals surface area contributed by atoms with Gasteiger partial charge in [0.2, 0.25) is 0 Å². The van der Waals surface area contributed by atoms with Crippen molar-refractivity contribution in [2.75, 3.05) is 7.05 Å². The molecule has 1 aromatic carbocycles. The third kappa shape index (κ3) is 3.46. The molecular weight excluding hydrogens is 234 g/mol. The summed E-state index contributed by atoms with van der Waals surface area (Å²) in [6, 6.07) is 10.4. The number of hydrogen-bond donors (Lipinski definition) is 1. The maximum atomic E-state index is 4.42. The molecule has 1 N–H and O–H groups in total. The van der Waals surface area contributed by atoms with E-state index < -0.39 is 0 Å². The van der Waals surface area contributed by atoms with E-state index in [9.17, 15) is 0 Å². The van der Waals surface area contributed by atoms with Crippen molar-refractivity contribution in [3.8, 4) is 17.5 Å². The number of rotatable bonds is 5. The first-order valence-electron chi connectivity index (χ1n) is 6.52. The number of hydrogen-bond acceptors (Lipinski definition) is 2. The summed E-state index contributed by atoms with van der Waals surface area (Å²) in [6.45, 7) is 1.88. The smallest absolute Gasteiger partial charge is 0.0645 e. The summed E-state index contributed by atoms with van der Waals surface area (Å²) in [4.78, 5) is 0. The first kappa shape index (κ1) is 13.4. The zero-order valence-electron chi connectivity index (χ0n) is 11.4. The zero-order chi connectivity index (χ0) is 13.5. The fraction of sp³-hybridized carbons (Fsp3) is 0.312. The Balaban J connectivity index is 2.12. The highest BCUT2D eigenvalue weighted by atomic mass is 15.3. The summed E-state index contributed by atoms with van der Waals surface area (Å²) >= 11 is 0. The van der Waals surface area contributed by atoms with E-state index in [0.717, 1.165) is 18.5 Å². The number of aromatic nitrogens is 2. The fourth-order valence-corrected chi connectivity index (χ4v) is 2.06. The van der Waals surface area contributed by atoms with E-state index in [1.165, 1.54) is 5.56 Å². The highest BCUT2D eigenvalue weighted by Crippen LogP contribution is 2.18. The summed E-state index contributed by atoms with van der Waals surface area (Å²) < 4.78 is 1.91. The van der Waals surface area contributed by atoms with Gasteiger partial charge in [0.05, 0.1) is 11.9 Å². The topological polar surface area (TPSA) is 29.9 Å². The fourth-order valence-electron chi connectivity index (χ4n) is 2.06. The minimum absolute atomic E-state index is 0.304. The molecule has 2 rings (SSSR count). The van der Waals surface area contributed by atoms with Gasteiger partial charge in [-0.2, -0.15) is 5.10 Å². The Morgan fingerprint density at radius 2 is 2.11 bits per heavy atom. The van der Waals surface area contributed by atoms with E-state index in [2.05, 4.69) is 28.5 Å². The third-order valence-electron chi connectivity index (χ3n) is 3.11. The summed E-state index contributed by atoms with van der Waals surface area (Å²) in [5, 5.41) is 7.75. The van der Waals surface area contributed by atoms with Crippen molar-refractivity contribution in [3.63, 3.8) is 0 Å². The molecule has 19 heavy (non-hydrogen) atoms. The van der Waals surface area contributed by atoms with Crippen LogP contribution in [0.25, 0.3) is 5.69 Å². The van der Waals surface area contributed by atoms with E-state index >= 15 is 0 Å². The third-order valence-corrected chi connectivity index (χ3v) is 3.11. The minimum atomic E-state index is 0.304.